The Labute approximate surface area is 94.4 Å². The first kappa shape index (κ1) is 13.1. The molecule has 0 aliphatic rings. The summed E-state index contributed by atoms with van der Waals surface area (Å²) < 4.78 is 31.8. The highest BCUT2D eigenvalue weighted by Gasteiger charge is 2.21. The van der Waals surface area contributed by atoms with Crippen molar-refractivity contribution in [3.63, 3.8) is 0 Å². The van der Waals surface area contributed by atoms with Crippen LogP contribution in [0, 0.1) is 17.6 Å². The Morgan fingerprint density at radius 3 is 2.38 bits per heavy atom. The van der Waals surface area contributed by atoms with Gasteiger partial charge in [-0.15, -0.1) is 0 Å². The van der Waals surface area contributed by atoms with Crippen molar-refractivity contribution in [3.8, 4) is 0 Å². The van der Waals surface area contributed by atoms with Crippen LogP contribution >= 0.6 is 0 Å². The first-order valence-electron chi connectivity index (χ1n) is 5.26. The van der Waals surface area contributed by atoms with Gasteiger partial charge in [-0.2, -0.15) is 0 Å². The Morgan fingerprint density at radius 2 is 1.88 bits per heavy atom. The quantitative estimate of drug-likeness (QED) is 0.842. The van der Waals surface area contributed by atoms with Crippen molar-refractivity contribution in [1.29, 1.82) is 0 Å². The number of hydrogen-bond acceptors (Lipinski definition) is 2. The van der Waals surface area contributed by atoms with E-state index in [0.29, 0.717) is 13.0 Å². The topological polar surface area (TPSA) is 35.2 Å². The molecule has 2 atom stereocenters. The summed E-state index contributed by atoms with van der Waals surface area (Å²) in [5, 5.41) is 0. The van der Waals surface area contributed by atoms with Crippen molar-refractivity contribution in [3.05, 3.63) is 35.4 Å². The van der Waals surface area contributed by atoms with Crippen LogP contribution in [0.5, 0.6) is 0 Å². The van der Waals surface area contributed by atoms with Crippen LogP contribution in [0.15, 0.2) is 18.2 Å². The Morgan fingerprint density at radius 1 is 1.31 bits per heavy atom. The third-order valence-electron chi connectivity index (χ3n) is 2.72. The summed E-state index contributed by atoms with van der Waals surface area (Å²) in [6.45, 7) is 2.39. The lowest BCUT2D eigenvalue weighted by atomic mass is 9.92. The summed E-state index contributed by atoms with van der Waals surface area (Å²) in [5.74, 6) is -1.21. The fourth-order valence-electron chi connectivity index (χ4n) is 1.60. The highest BCUT2D eigenvalue weighted by atomic mass is 19.1. The summed E-state index contributed by atoms with van der Waals surface area (Å²) in [6, 6.07) is 3.14. The van der Waals surface area contributed by atoms with Crippen LogP contribution in [-0.4, -0.2) is 13.7 Å². The summed E-state index contributed by atoms with van der Waals surface area (Å²) in [6.07, 6.45) is 0.672. The van der Waals surface area contributed by atoms with E-state index in [1.807, 2.05) is 6.92 Å². The van der Waals surface area contributed by atoms with Gasteiger partial charge in [0.05, 0.1) is 0 Å². The Hall–Kier alpha value is -1.00. The van der Waals surface area contributed by atoms with E-state index in [2.05, 4.69) is 0 Å². The molecule has 0 heterocycles. The van der Waals surface area contributed by atoms with E-state index in [1.54, 1.807) is 7.11 Å². The highest BCUT2D eigenvalue weighted by molar-refractivity contribution is 5.23. The largest absolute Gasteiger partial charge is 0.385 e. The molecule has 16 heavy (non-hydrogen) atoms. The molecular formula is C12H17F2NO. The monoisotopic (exact) mass is 229 g/mol. The zero-order valence-corrected chi connectivity index (χ0v) is 9.54. The maximum Gasteiger partial charge on any atom is 0.130 e. The van der Waals surface area contributed by atoms with Gasteiger partial charge in [0.2, 0.25) is 0 Å². The normalized spacial score (nSPS) is 14.8. The highest BCUT2D eigenvalue weighted by Crippen LogP contribution is 2.26. The minimum atomic E-state index is -0.642. The van der Waals surface area contributed by atoms with E-state index in [9.17, 15) is 8.78 Å². The molecule has 0 fully saturated rings. The number of methoxy groups -OCH3 is 1. The molecule has 1 aromatic rings. The lowest BCUT2D eigenvalue weighted by molar-refractivity contribution is 0.174. The smallest absolute Gasteiger partial charge is 0.130 e. The molecule has 1 rings (SSSR count). The van der Waals surface area contributed by atoms with Crippen LogP contribution in [0.4, 0.5) is 8.78 Å². The second-order valence-corrected chi connectivity index (χ2v) is 3.92. The Balaban J connectivity index is 2.82. The molecule has 2 nitrogen and oxygen atoms in total. The molecule has 0 spiro atoms. The zero-order chi connectivity index (χ0) is 12.1. The maximum atomic E-state index is 13.4. The van der Waals surface area contributed by atoms with Gasteiger partial charge in [0, 0.05) is 25.3 Å². The van der Waals surface area contributed by atoms with Gasteiger partial charge in [0.15, 0.2) is 0 Å². The van der Waals surface area contributed by atoms with Gasteiger partial charge >= 0.3 is 0 Å². The van der Waals surface area contributed by atoms with Gasteiger partial charge in [0.25, 0.3) is 0 Å². The second-order valence-electron chi connectivity index (χ2n) is 3.92. The van der Waals surface area contributed by atoms with Gasteiger partial charge in [0.1, 0.15) is 11.6 Å². The fraction of sp³-hybridized carbons (Fsp3) is 0.500. The maximum absolute atomic E-state index is 13.4. The molecule has 0 saturated heterocycles. The molecular weight excluding hydrogens is 212 g/mol. The number of hydrogen-bond donors (Lipinski definition) is 1. The van der Waals surface area contributed by atoms with E-state index in [0.717, 1.165) is 0 Å². The average Bonchev–Trinajstić information content (AvgIpc) is 2.25. The van der Waals surface area contributed by atoms with Crippen molar-refractivity contribution in [1.82, 2.24) is 0 Å². The van der Waals surface area contributed by atoms with Gasteiger partial charge in [-0.05, 0) is 24.5 Å². The summed E-state index contributed by atoms with van der Waals surface area (Å²) >= 11 is 0. The van der Waals surface area contributed by atoms with Gasteiger partial charge in [-0.3, -0.25) is 0 Å². The first-order valence-corrected chi connectivity index (χ1v) is 5.26. The predicted molar refractivity (Wildman–Crippen MR) is 58.9 cm³/mol. The number of benzene rings is 1. The van der Waals surface area contributed by atoms with Crippen molar-refractivity contribution in [2.24, 2.45) is 11.7 Å². The number of nitrogens with two attached hydrogens (primary N) is 1. The lowest BCUT2D eigenvalue weighted by Crippen LogP contribution is -2.22. The molecule has 0 aromatic heterocycles. The van der Waals surface area contributed by atoms with Crippen LogP contribution < -0.4 is 5.73 Å². The van der Waals surface area contributed by atoms with E-state index in [1.165, 1.54) is 18.2 Å². The summed E-state index contributed by atoms with van der Waals surface area (Å²) in [7, 11) is 1.59. The van der Waals surface area contributed by atoms with Crippen LogP contribution in [0.2, 0.25) is 0 Å². The van der Waals surface area contributed by atoms with E-state index in [-0.39, 0.29) is 11.5 Å². The van der Waals surface area contributed by atoms with Crippen molar-refractivity contribution >= 4 is 0 Å². The lowest BCUT2D eigenvalue weighted by Gasteiger charge is -2.20. The van der Waals surface area contributed by atoms with Crippen molar-refractivity contribution < 1.29 is 13.5 Å². The first-order chi connectivity index (χ1) is 7.57. The van der Waals surface area contributed by atoms with E-state index in [4.69, 9.17) is 10.5 Å². The SMILES string of the molecule is COCCC(C)C(N)c1c(F)cccc1F. The molecule has 0 radical (unpaired) electrons. The minimum Gasteiger partial charge on any atom is -0.385 e. The number of halogens is 2. The third-order valence-corrected chi connectivity index (χ3v) is 2.72. The van der Waals surface area contributed by atoms with Crippen LogP contribution in [0.3, 0.4) is 0 Å². The summed E-state index contributed by atoms with van der Waals surface area (Å²) in [5.41, 5.74) is 5.81. The van der Waals surface area contributed by atoms with E-state index < -0.39 is 17.7 Å². The fourth-order valence-corrected chi connectivity index (χ4v) is 1.60. The standard InChI is InChI=1S/C12H17F2NO/c1-8(6-7-16-2)12(15)11-9(13)4-3-5-10(11)14/h3-5,8,12H,6-7,15H2,1-2H3. The molecule has 1 aromatic carbocycles. The zero-order valence-electron chi connectivity index (χ0n) is 9.54. The second kappa shape index (κ2) is 5.92. The number of rotatable bonds is 5. The summed E-state index contributed by atoms with van der Waals surface area (Å²) in [4.78, 5) is 0. The Kier molecular flexibility index (Phi) is 4.83. The molecule has 0 aliphatic heterocycles. The van der Waals surface area contributed by atoms with E-state index >= 15 is 0 Å². The molecule has 0 bridgehead atoms. The predicted octanol–water partition coefficient (Wildman–Crippen LogP) is 2.64. The minimum absolute atomic E-state index is 0.0358. The molecule has 2 unspecified atom stereocenters. The van der Waals surface area contributed by atoms with Gasteiger partial charge < -0.3 is 10.5 Å². The molecule has 90 valence electrons. The van der Waals surface area contributed by atoms with Crippen LogP contribution in [-0.2, 0) is 4.74 Å². The van der Waals surface area contributed by atoms with Crippen molar-refractivity contribution in [2.75, 3.05) is 13.7 Å². The Bertz CT molecular complexity index is 324. The van der Waals surface area contributed by atoms with Crippen molar-refractivity contribution in [2.45, 2.75) is 19.4 Å². The van der Waals surface area contributed by atoms with Crippen LogP contribution in [0.1, 0.15) is 24.9 Å². The van der Waals surface area contributed by atoms with Gasteiger partial charge in [-0.1, -0.05) is 13.0 Å². The average molecular weight is 229 g/mol. The molecule has 4 heteroatoms. The van der Waals surface area contributed by atoms with Gasteiger partial charge in [-0.25, -0.2) is 8.78 Å². The molecule has 2 N–H and O–H groups in total. The van der Waals surface area contributed by atoms with Crippen LogP contribution in [0.25, 0.3) is 0 Å². The number of ether oxygens (including phenoxy) is 1. The molecule has 0 amide bonds. The molecule has 0 saturated carbocycles. The molecule has 0 aliphatic carbocycles. The third kappa shape index (κ3) is 3.00.